The number of hydrogen-bond acceptors (Lipinski definition) is 3. The summed E-state index contributed by atoms with van der Waals surface area (Å²) in [4.78, 5) is 12.3. The molecule has 0 saturated heterocycles. The van der Waals surface area contributed by atoms with Crippen molar-refractivity contribution < 1.29 is 9.53 Å². The summed E-state index contributed by atoms with van der Waals surface area (Å²) in [7, 11) is 1.39. The molecule has 3 heteroatoms. The van der Waals surface area contributed by atoms with Crippen LogP contribution in [0.1, 0.15) is 17.3 Å². The predicted octanol–water partition coefficient (Wildman–Crippen LogP) is 3.14. The normalized spacial score (nSPS) is 10.5. The Labute approximate surface area is 94.3 Å². The van der Waals surface area contributed by atoms with Crippen molar-refractivity contribution in [2.24, 2.45) is 0 Å². The Hall–Kier alpha value is -1.22. The third kappa shape index (κ3) is 3.80. The molecule has 0 aliphatic heterocycles. The Kier molecular flexibility index (Phi) is 4.98. The van der Waals surface area contributed by atoms with Gasteiger partial charge in [-0.15, -0.1) is 11.8 Å². The number of carbonyl (C=O) groups is 1. The van der Waals surface area contributed by atoms with Gasteiger partial charge in [0.05, 0.1) is 12.7 Å². The number of rotatable bonds is 4. The van der Waals surface area contributed by atoms with E-state index in [4.69, 9.17) is 0 Å². The molecule has 0 aromatic heterocycles. The highest BCUT2D eigenvalue weighted by Gasteiger charge is 2.03. The molecule has 0 N–H and O–H groups in total. The second kappa shape index (κ2) is 6.30. The van der Waals surface area contributed by atoms with Crippen molar-refractivity contribution in [1.29, 1.82) is 0 Å². The Morgan fingerprint density at radius 3 is 2.60 bits per heavy atom. The van der Waals surface area contributed by atoms with E-state index in [0.29, 0.717) is 5.56 Å². The van der Waals surface area contributed by atoms with Crippen molar-refractivity contribution in [2.45, 2.75) is 11.8 Å². The first-order valence-corrected chi connectivity index (χ1v) is 5.69. The molecule has 0 saturated carbocycles. The van der Waals surface area contributed by atoms with Gasteiger partial charge < -0.3 is 4.74 Å². The van der Waals surface area contributed by atoms with Gasteiger partial charge in [-0.25, -0.2) is 4.79 Å². The second-order valence-corrected chi connectivity index (χ2v) is 3.99. The second-order valence-electron chi connectivity index (χ2n) is 2.90. The molecular weight excluding hydrogens is 208 g/mol. The Balaban J connectivity index is 2.60. The maximum Gasteiger partial charge on any atom is 0.337 e. The molecule has 80 valence electrons. The number of carbonyl (C=O) groups excluding carboxylic acids is 1. The zero-order valence-electron chi connectivity index (χ0n) is 8.90. The van der Waals surface area contributed by atoms with Gasteiger partial charge in [-0.3, -0.25) is 0 Å². The lowest BCUT2D eigenvalue weighted by molar-refractivity contribution is 0.0600. The van der Waals surface area contributed by atoms with Crippen LogP contribution in [-0.2, 0) is 4.74 Å². The molecule has 0 atom stereocenters. The zero-order valence-corrected chi connectivity index (χ0v) is 9.71. The summed E-state index contributed by atoms with van der Waals surface area (Å²) in [5.74, 6) is 0.661. The Morgan fingerprint density at radius 1 is 1.40 bits per heavy atom. The molecule has 1 aromatic carbocycles. The SMILES string of the molecule is C/C=C/CSc1ccc(C(=O)OC)cc1. The molecule has 0 fully saturated rings. The minimum Gasteiger partial charge on any atom is -0.465 e. The molecule has 0 radical (unpaired) electrons. The first kappa shape index (κ1) is 11.9. The maximum absolute atomic E-state index is 11.1. The third-order valence-corrected chi connectivity index (χ3v) is 2.82. The highest BCUT2D eigenvalue weighted by molar-refractivity contribution is 7.99. The monoisotopic (exact) mass is 222 g/mol. The van der Waals surface area contributed by atoms with Crippen LogP contribution in [0.25, 0.3) is 0 Å². The third-order valence-electron chi connectivity index (χ3n) is 1.86. The number of ether oxygens (including phenoxy) is 1. The first-order valence-electron chi connectivity index (χ1n) is 4.70. The topological polar surface area (TPSA) is 26.3 Å². The van der Waals surface area contributed by atoms with Gasteiger partial charge in [0.15, 0.2) is 0 Å². The van der Waals surface area contributed by atoms with Crippen molar-refractivity contribution in [3.05, 3.63) is 42.0 Å². The van der Waals surface area contributed by atoms with Crippen LogP contribution in [0.15, 0.2) is 41.3 Å². The van der Waals surface area contributed by atoms with Crippen molar-refractivity contribution in [3.63, 3.8) is 0 Å². The van der Waals surface area contributed by atoms with Gasteiger partial charge in [0.2, 0.25) is 0 Å². The standard InChI is InChI=1S/C12H14O2S/c1-3-4-9-15-11-7-5-10(6-8-11)12(13)14-2/h3-8H,9H2,1-2H3/b4-3+. The van der Waals surface area contributed by atoms with E-state index in [2.05, 4.69) is 10.8 Å². The molecule has 0 unspecified atom stereocenters. The number of allylic oxidation sites excluding steroid dienone is 1. The van der Waals surface area contributed by atoms with Gasteiger partial charge in [-0.1, -0.05) is 12.2 Å². The number of esters is 1. The van der Waals surface area contributed by atoms with E-state index in [1.807, 2.05) is 25.1 Å². The lowest BCUT2D eigenvalue weighted by Crippen LogP contribution is -2.00. The number of benzene rings is 1. The van der Waals surface area contributed by atoms with Gasteiger partial charge in [0.25, 0.3) is 0 Å². The first-order chi connectivity index (χ1) is 7.27. The Bertz CT molecular complexity index is 341. The molecule has 0 aliphatic carbocycles. The van der Waals surface area contributed by atoms with E-state index in [0.717, 1.165) is 10.6 Å². The van der Waals surface area contributed by atoms with Gasteiger partial charge >= 0.3 is 5.97 Å². The zero-order chi connectivity index (χ0) is 11.1. The van der Waals surface area contributed by atoms with Crippen molar-refractivity contribution >= 4 is 17.7 Å². The van der Waals surface area contributed by atoms with Crippen LogP contribution < -0.4 is 0 Å². The molecule has 0 aliphatic rings. The quantitative estimate of drug-likeness (QED) is 0.445. The smallest absolute Gasteiger partial charge is 0.337 e. The fourth-order valence-electron chi connectivity index (χ4n) is 1.05. The fraction of sp³-hybridized carbons (Fsp3) is 0.250. The summed E-state index contributed by atoms with van der Waals surface area (Å²) in [5.41, 5.74) is 0.591. The van der Waals surface area contributed by atoms with E-state index >= 15 is 0 Å². The average Bonchev–Trinajstić information content (AvgIpc) is 2.29. The van der Waals surface area contributed by atoms with Gasteiger partial charge in [0, 0.05) is 10.6 Å². The maximum atomic E-state index is 11.1. The minimum atomic E-state index is -0.292. The Morgan fingerprint density at radius 2 is 2.07 bits per heavy atom. The summed E-state index contributed by atoms with van der Waals surface area (Å²) in [5, 5.41) is 0. The van der Waals surface area contributed by atoms with Crippen molar-refractivity contribution in [3.8, 4) is 0 Å². The van der Waals surface area contributed by atoms with E-state index in [9.17, 15) is 4.79 Å². The molecule has 0 bridgehead atoms. The lowest BCUT2D eigenvalue weighted by atomic mass is 10.2. The molecular formula is C12H14O2S. The fourth-order valence-corrected chi connectivity index (χ4v) is 1.86. The predicted molar refractivity (Wildman–Crippen MR) is 63.3 cm³/mol. The van der Waals surface area contributed by atoms with Crippen LogP contribution in [0.2, 0.25) is 0 Å². The van der Waals surface area contributed by atoms with E-state index < -0.39 is 0 Å². The number of hydrogen-bond donors (Lipinski definition) is 0. The molecule has 0 heterocycles. The van der Waals surface area contributed by atoms with Crippen molar-refractivity contribution in [2.75, 3.05) is 12.9 Å². The average molecular weight is 222 g/mol. The van der Waals surface area contributed by atoms with Crippen molar-refractivity contribution in [1.82, 2.24) is 0 Å². The summed E-state index contributed by atoms with van der Waals surface area (Å²) >= 11 is 1.73. The molecule has 0 spiro atoms. The van der Waals surface area contributed by atoms with Crippen LogP contribution >= 0.6 is 11.8 Å². The largest absolute Gasteiger partial charge is 0.465 e. The molecule has 1 rings (SSSR count). The molecule has 15 heavy (non-hydrogen) atoms. The van der Waals surface area contributed by atoms with E-state index in [-0.39, 0.29) is 5.97 Å². The van der Waals surface area contributed by atoms with Crippen LogP contribution in [0.4, 0.5) is 0 Å². The molecule has 2 nitrogen and oxygen atoms in total. The van der Waals surface area contributed by atoms with Gasteiger partial charge in [0.1, 0.15) is 0 Å². The van der Waals surface area contributed by atoms with Crippen LogP contribution in [0.5, 0.6) is 0 Å². The molecule has 1 aromatic rings. The summed E-state index contributed by atoms with van der Waals surface area (Å²) < 4.78 is 4.62. The van der Waals surface area contributed by atoms with Gasteiger partial charge in [-0.05, 0) is 31.2 Å². The number of methoxy groups -OCH3 is 1. The molecule has 0 amide bonds. The van der Waals surface area contributed by atoms with Crippen LogP contribution in [0, 0.1) is 0 Å². The van der Waals surface area contributed by atoms with E-state index in [1.54, 1.807) is 23.9 Å². The van der Waals surface area contributed by atoms with Crippen LogP contribution in [0.3, 0.4) is 0 Å². The lowest BCUT2D eigenvalue weighted by Gasteiger charge is -2.01. The number of thioether (sulfide) groups is 1. The highest BCUT2D eigenvalue weighted by Crippen LogP contribution is 2.18. The van der Waals surface area contributed by atoms with E-state index in [1.165, 1.54) is 7.11 Å². The summed E-state index contributed by atoms with van der Waals surface area (Å²) in [6.07, 6.45) is 4.12. The minimum absolute atomic E-state index is 0.292. The summed E-state index contributed by atoms with van der Waals surface area (Å²) in [6.45, 7) is 2.00. The summed E-state index contributed by atoms with van der Waals surface area (Å²) in [6, 6.07) is 7.43. The van der Waals surface area contributed by atoms with Gasteiger partial charge in [-0.2, -0.15) is 0 Å². The van der Waals surface area contributed by atoms with Crippen LogP contribution in [-0.4, -0.2) is 18.8 Å². The highest BCUT2D eigenvalue weighted by atomic mass is 32.2.